The number of anilines is 1. The maximum Gasteiger partial charge on any atom is 0.310 e. The fourth-order valence-corrected chi connectivity index (χ4v) is 2.32. The van der Waals surface area contributed by atoms with Crippen LogP contribution < -0.4 is 5.32 Å². The number of aromatic nitrogens is 1. The van der Waals surface area contributed by atoms with Crippen LogP contribution in [0.15, 0.2) is 60.9 Å². The summed E-state index contributed by atoms with van der Waals surface area (Å²) in [6.45, 7) is 0.520. The normalized spacial score (nSPS) is 10.5. The molecule has 0 saturated heterocycles. The van der Waals surface area contributed by atoms with E-state index in [4.69, 9.17) is 0 Å². The Morgan fingerprint density at radius 2 is 1.90 bits per heavy atom. The van der Waals surface area contributed by atoms with Crippen LogP contribution in [0.5, 0.6) is 0 Å². The molecular weight excluding hydrogens is 266 g/mol. The van der Waals surface area contributed by atoms with E-state index in [0.29, 0.717) is 12.2 Å². The van der Waals surface area contributed by atoms with Gasteiger partial charge < -0.3 is 5.32 Å². The first-order chi connectivity index (χ1) is 10.3. The van der Waals surface area contributed by atoms with E-state index >= 15 is 0 Å². The van der Waals surface area contributed by atoms with Crippen LogP contribution in [0.3, 0.4) is 0 Å². The molecule has 0 bridgehead atoms. The second-order valence-corrected chi connectivity index (χ2v) is 4.64. The summed E-state index contributed by atoms with van der Waals surface area (Å²) in [4.78, 5) is 14.3. The van der Waals surface area contributed by atoms with Crippen molar-refractivity contribution in [3.8, 4) is 0 Å². The van der Waals surface area contributed by atoms with E-state index < -0.39 is 4.92 Å². The molecule has 0 unspecified atom stereocenters. The lowest BCUT2D eigenvalue weighted by molar-refractivity contribution is -0.384. The third-order valence-electron chi connectivity index (χ3n) is 3.35. The second kappa shape index (κ2) is 5.58. The van der Waals surface area contributed by atoms with Crippen molar-refractivity contribution in [2.24, 2.45) is 0 Å². The highest BCUT2D eigenvalue weighted by molar-refractivity contribution is 5.85. The maximum absolute atomic E-state index is 11.0. The van der Waals surface area contributed by atoms with Crippen LogP contribution in [0.2, 0.25) is 0 Å². The van der Waals surface area contributed by atoms with Gasteiger partial charge in [0, 0.05) is 12.7 Å². The first kappa shape index (κ1) is 13.1. The van der Waals surface area contributed by atoms with Crippen molar-refractivity contribution in [2.45, 2.75) is 6.54 Å². The molecule has 5 nitrogen and oxygen atoms in total. The molecule has 5 heteroatoms. The van der Waals surface area contributed by atoms with E-state index in [1.165, 1.54) is 6.20 Å². The molecule has 0 fully saturated rings. The third kappa shape index (κ3) is 2.67. The Kier molecular flexibility index (Phi) is 3.47. The van der Waals surface area contributed by atoms with Crippen molar-refractivity contribution in [2.75, 3.05) is 5.32 Å². The van der Waals surface area contributed by atoms with Gasteiger partial charge in [-0.1, -0.05) is 42.5 Å². The number of rotatable bonds is 4. The SMILES string of the molecule is O=[N+]([O-])c1cnccc1NCc1cccc2ccccc12. The van der Waals surface area contributed by atoms with Crippen molar-refractivity contribution in [3.63, 3.8) is 0 Å². The number of benzene rings is 2. The van der Waals surface area contributed by atoms with Crippen molar-refractivity contribution in [1.82, 2.24) is 4.98 Å². The monoisotopic (exact) mass is 279 g/mol. The highest BCUT2D eigenvalue weighted by atomic mass is 16.6. The van der Waals surface area contributed by atoms with Gasteiger partial charge in [0.05, 0.1) is 4.92 Å². The summed E-state index contributed by atoms with van der Waals surface area (Å²) >= 11 is 0. The molecule has 104 valence electrons. The van der Waals surface area contributed by atoms with Crippen LogP contribution in [0.4, 0.5) is 11.4 Å². The predicted octanol–water partition coefficient (Wildman–Crippen LogP) is 3.76. The summed E-state index contributed by atoms with van der Waals surface area (Å²) in [5, 5.41) is 16.4. The van der Waals surface area contributed by atoms with Gasteiger partial charge in [0.15, 0.2) is 0 Å². The Balaban J connectivity index is 1.89. The molecule has 0 spiro atoms. The summed E-state index contributed by atoms with van der Waals surface area (Å²) in [5.41, 5.74) is 1.56. The van der Waals surface area contributed by atoms with E-state index in [-0.39, 0.29) is 5.69 Å². The second-order valence-electron chi connectivity index (χ2n) is 4.64. The molecule has 1 N–H and O–H groups in total. The minimum absolute atomic E-state index is 0.0160. The highest BCUT2D eigenvalue weighted by Crippen LogP contribution is 2.24. The van der Waals surface area contributed by atoms with Gasteiger partial charge in [-0.25, -0.2) is 0 Å². The first-order valence-corrected chi connectivity index (χ1v) is 6.54. The summed E-state index contributed by atoms with van der Waals surface area (Å²) in [6, 6.07) is 15.7. The molecule has 3 aromatic rings. The van der Waals surface area contributed by atoms with Crippen LogP contribution in [0.25, 0.3) is 10.8 Å². The number of pyridine rings is 1. The molecule has 0 saturated carbocycles. The zero-order valence-corrected chi connectivity index (χ0v) is 11.2. The number of fused-ring (bicyclic) bond motifs is 1. The van der Waals surface area contributed by atoms with Gasteiger partial charge in [-0.05, 0) is 22.4 Å². The number of hydrogen-bond donors (Lipinski definition) is 1. The Bertz CT molecular complexity index is 797. The Morgan fingerprint density at radius 1 is 1.10 bits per heavy atom. The smallest absolute Gasteiger partial charge is 0.310 e. The quantitative estimate of drug-likeness (QED) is 0.583. The zero-order valence-electron chi connectivity index (χ0n) is 11.2. The van der Waals surface area contributed by atoms with Crippen LogP contribution in [0, 0.1) is 10.1 Å². The lowest BCUT2D eigenvalue weighted by atomic mass is 10.0. The summed E-state index contributed by atoms with van der Waals surface area (Å²) in [7, 11) is 0. The van der Waals surface area contributed by atoms with E-state index in [0.717, 1.165) is 16.3 Å². The molecule has 0 radical (unpaired) electrons. The van der Waals surface area contributed by atoms with Crippen LogP contribution in [-0.4, -0.2) is 9.91 Å². The van der Waals surface area contributed by atoms with Gasteiger partial charge in [-0.3, -0.25) is 15.1 Å². The maximum atomic E-state index is 11.0. The van der Waals surface area contributed by atoms with Crippen molar-refractivity contribution < 1.29 is 4.92 Å². The van der Waals surface area contributed by atoms with Crippen molar-refractivity contribution >= 4 is 22.1 Å². The molecule has 2 aromatic carbocycles. The number of hydrogen-bond acceptors (Lipinski definition) is 4. The molecule has 0 aliphatic carbocycles. The fraction of sp³-hybridized carbons (Fsp3) is 0.0625. The fourth-order valence-electron chi connectivity index (χ4n) is 2.32. The van der Waals surface area contributed by atoms with Gasteiger partial charge in [0.2, 0.25) is 0 Å². The molecule has 1 aromatic heterocycles. The Morgan fingerprint density at radius 3 is 2.76 bits per heavy atom. The van der Waals surface area contributed by atoms with Crippen molar-refractivity contribution in [3.05, 3.63) is 76.6 Å². The number of nitrogens with one attached hydrogen (secondary N) is 1. The van der Waals surface area contributed by atoms with E-state index in [2.05, 4.69) is 10.3 Å². The van der Waals surface area contributed by atoms with Crippen LogP contribution >= 0.6 is 0 Å². The Labute approximate surface area is 121 Å². The summed E-state index contributed by atoms with van der Waals surface area (Å²) < 4.78 is 0. The molecular formula is C16H13N3O2. The largest absolute Gasteiger partial charge is 0.375 e. The molecule has 0 atom stereocenters. The topological polar surface area (TPSA) is 68.1 Å². The average molecular weight is 279 g/mol. The van der Waals surface area contributed by atoms with Crippen LogP contribution in [0.1, 0.15) is 5.56 Å². The average Bonchev–Trinajstić information content (AvgIpc) is 2.53. The molecule has 1 heterocycles. The molecule has 3 rings (SSSR count). The van der Waals surface area contributed by atoms with Gasteiger partial charge in [-0.2, -0.15) is 0 Å². The minimum atomic E-state index is -0.432. The van der Waals surface area contributed by atoms with Gasteiger partial charge in [0.25, 0.3) is 0 Å². The lowest BCUT2D eigenvalue weighted by Gasteiger charge is -2.09. The summed E-state index contributed by atoms with van der Waals surface area (Å²) in [5.74, 6) is 0. The minimum Gasteiger partial charge on any atom is -0.375 e. The Hall–Kier alpha value is -2.95. The van der Waals surface area contributed by atoms with Gasteiger partial charge >= 0.3 is 5.69 Å². The van der Waals surface area contributed by atoms with Crippen molar-refractivity contribution in [1.29, 1.82) is 0 Å². The van der Waals surface area contributed by atoms with Gasteiger partial charge in [-0.15, -0.1) is 0 Å². The number of nitro groups is 1. The standard InChI is InChI=1S/C16H13N3O2/c20-19(21)16-11-17-9-8-15(16)18-10-13-6-3-5-12-4-1-2-7-14(12)13/h1-9,11H,10H2,(H,17,18). The van der Waals surface area contributed by atoms with Gasteiger partial charge in [0.1, 0.15) is 11.9 Å². The third-order valence-corrected chi connectivity index (χ3v) is 3.35. The highest BCUT2D eigenvalue weighted by Gasteiger charge is 2.12. The predicted molar refractivity (Wildman–Crippen MR) is 82.2 cm³/mol. The zero-order chi connectivity index (χ0) is 14.7. The molecule has 0 amide bonds. The van der Waals surface area contributed by atoms with Crippen LogP contribution in [-0.2, 0) is 6.54 Å². The first-order valence-electron chi connectivity index (χ1n) is 6.54. The number of nitrogens with zero attached hydrogens (tertiary/aromatic N) is 2. The van der Waals surface area contributed by atoms with E-state index in [1.807, 2.05) is 42.5 Å². The molecule has 0 aliphatic rings. The van der Waals surface area contributed by atoms with E-state index in [1.54, 1.807) is 12.3 Å². The summed E-state index contributed by atoms with van der Waals surface area (Å²) in [6.07, 6.45) is 2.80. The molecule has 0 aliphatic heterocycles. The van der Waals surface area contributed by atoms with E-state index in [9.17, 15) is 10.1 Å². The molecule has 21 heavy (non-hydrogen) atoms. The lowest BCUT2D eigenvalue weighted by Crippen LogP contribution is -2.03.